The highest BCUT2D eigenvalue weighted by Crippen LogP contribution is 2.33. The molecule has 0 spiro atoms. The van der Waals surface area contributed by atoms with Gasteiger partial charge in [-0.25, -0.2) is 14.6 Å². The number of allylic oxidation sites excluding steroid dienone is 1. The van der Waals surface area contributed by atoms with Gasteiger partial charge in [0.05, 0.1) is 37.3 Å². The second kappa shape index (κ2) is 13.5. The molecule has 10 nitrogen and oxygen atoms in total. The number of aromatic nitrogens is 2. The third-order valence-electron chi connectivity index (χ3n) is 6.10. The standard InChI is InChI=1S/C22H25N5O5.C6H5Cl/c1-31-21(29)24-14-8-9-15-16(12-14)25-19(28)7-4-2-3-6-18(20-23-13-17(15)26-20)27-10-5-11-32-22(27)30;7-6-4-2-1-3-5-6/h2-3,8-9,12-13,18H,4-7,10-11H2,1H3,(H,23,26)(H,24,29)(H,25,28);1-5H/b3-2+;. The topological polar surface area (TPSA) is 126 Å². The molecule has 2 aliphatic heterocycles. The number of carbonyl (C=O) groups excluding carboxylic acids is 3. The minimum atomic E-state index is -0.605. The first kappa shape index (κ1) is 27.7. The number of hydrogen-bond donors (Lipinski definition) is 3. The molecule has 1 aromatic heterocycles. The maximum absolute atomic E-state index is 12.5. The van der Waals surface area contributed by atoms with Crippen molar-refractivity contribution in [1.82, 2.24) is 14.9 Å². The van der Waals surface area contributed by atoms with E-state index in [1.165, 1.54) is 7.11 Å². The molecule has 204 valence electrons. The summed E-state index contributed by atoms with van der Waals surface area (Å²) in [4.78, 5) is 46.0. The van der Waals surface area contributed by atoms with E-state index in [4.69, 9.17) is 16.3 Å². The molecular formula is C28H30ClN5O5. The van der Waals surface area contributed by atoms with E-state index in [1.54, 1.807) is 29.3 Å². The molecule has 3 heterocycles. The highest BCUT2D eigenvalue weighted by molar-refractivity contribution is 6.30. The molecule has 1 saturated heterocycles. The number of fused-ring (bicyclic) bond motifs is 4. The molecule has 2 bridgehead atoms. The molecule has 5 rings (SSSR count). The quantitative estimate of drug-likeness (QED) is 0.328. The first-order valence-electron chi connectivity index (χ1n) is 12.6. The Morgan fingerprint density at radius 3 is 2.72 bits per heavy atom. The van der Waals surface area contributed by atoms with E-state index < -0.39 is 6.09 Å². The van der Waals surface area contributed by atoms with Crippen molar-refractivity contribution in [3.63, 3.8) is 0 Å². The fourth-order valence-electron chi connectivity index (χ4n) is 4.19. The van der Waals surface area contributed by atoms with Crippen LogP contribution in [0.1, 0.15) is 37.5 Å². The number of rotatable bonds is 2. The van der Waals surface area contributed by atoms with Crippen LogP contribution in [0.2, 0.25) is 5.02 Å². The zero-order valence-corrected chi connectivity index (χ0v) is 22.2. The SMILES string of the molecule is COC(=O)Nc1ccc2c(c1)NC(=O)CC/C=C/CC(N1CCCOC1=O)c1ncc-2[nH]1.Clc1ccccc1. The molecule has 2 aliphatic rings. The first-order valence-corrected chi connectivity index (χ1v) is 13.0. The second-order valence-corrected chi connectivity index (χ2v) is 9.26. The van der Waals surface area contributed by atoms with Gasteiger partial charge < -0.3 is 19.8 Å². The Morgan fingerprint density at radius 2 is 2.00 bits per heavy atom. The van der Waals surface area contributed by atoms with E-state index in [0.29, 0.717) is 60.9 Å². The summed E-state index contributed by atoms with van der Waals surface area (Å²) in [7, 11) is 1.28. The van der Waals surface area contributed by atoms with Crippen molar-refractivity contribution in [2.75, 3.05) is 30.9 Å². The van der Waals surface area contributed by atoms with E-state index >= 15 is 0 Å². The van der Waals surface area contributed by atoms with Crippen LogP contribution in [0.4, 0.5) is 21.0 Å². The Morgan fingerprint density at radius 1 is 1.18 bits per heavy atom. The molecule has 0 radical (unpaired) electrons. The number of methoxy groups -OCH3 is 1. The van der Waals surface area contributed by atoms with Crippen LogP contribution in [-0.4, -0.2) is 53.2 Å². The van der Waals surface area contributed by atoms with Crippen molar-refractivity contribution in [2.45, 2.75) is 31.7 Å². The molecular weight excluding hydrogens is 522 g/mol. The van der Waals surface area contributed by atoms with Crippen LogP contribution in [-0.2, 0) is 14.3 Å². The van der Waals surface area contributed by atoms with Crippen molar-refractivity contribution < 1.29 is 23.9 Å². The van der Waals surface area contributed by atoms with Crippen LogP contribution in [0.5, 0.6) is 0 Å². The van der Waals surface area contributed by atoms with Gasteiger partial charge >= 0.3 is 12.2 Å². The van der Waals surface area contributed by atoms with Gasteiger partial charge in [0.1, 0.15) is 5.82 Å². The summed E-state index contributed by atoms with van der Waals surface area (Å²) < 4.78 is 9.87. The number of hydrogen-bond acceptors (Lipinski definition) is 6. The number of nitrogens with zero attached hydrogens (tertiary/aromatic N) is 2. The van der Waals surface area contributed by atoms with E-state index in [-0.39, 0.29) is 18.0 Å². The molecule has 1 unspecified atom stereocenters. The normalized spacial score (nSPS) is 17.9. The molecule has 1 fully saturated rings. The molecule has 3 amide bonds. The molecule has 3 aromatic rings. The number of cyclic esters (lactones) is 1. The maximum Gasteiger partial charge on any atom is 0.411 e. The average Bonchev–Trinajstić information content (AvgIpc) is 3.42. The van der Waals surface area contributed by atoms with Crippen molar-refractivity contribution in [3.05, 3.63) is 77.7 Å². The van der Waals surface area contributed by atoms with Crippen molar-refractivity contribution in [3.8, 4) is 11.3 Å². The fraction of sp³-hybridized carbons (Fsp3) is 0.286. The summed E-state index contributed by atoms with van der Waals surface area (Å²) in [5.41, 5.74) is 2.39. The summed E-state index contributed by atoms with van der Waals surface area (Å²) in [5.74, 6) is 0.484. The third-order valence-corrected chi connectivity index (χ3v) is 6.36. The number of H-pyrrole nitrogens is 1. The van der Waals surface area contributed by atoms with Gasteiger partial charge in [0, 0.05) is 29.2 Å². The highest BCUT2D eigenvalue weighted by atomic mass is 35.5. The Labute approximate surface area is 231 Å². The van der Waals surface area contributed by atoms with E-state index in [1.807, 2.05) is 42.5 Å². The monoisotopic (exact) mass is 551 g/mol. The Hall–Kier alpha value is -4.31. The van der Waals surface area contributed by atoms with Crippen molar-refractivity contribution >= 4 is 41.1 Å². The van der Waals surface area contributed by atoms with Crippen LogP contribution in [0.3, 0.4) is 0 Å². The third kappa shape index (κ3) is 7.61. The molecule has 11 heteroatoms. The van der Waals surface area contributed by atoms with Crippen molar-refractivity contribution in [1.29, 1.82) is 0 Å². The van der Waals surface area contributed by atoms with Crippen LogP contribution < -0.4 is 10.6 Å². The van der Waals surface area contributed by atoms with Gasteiger partial charge in [0.15, 0.2) is 0 Å². The van der Waals surface area contributed by atoms with Crippen molar-refractivity contribution in [2.24, 2.45) is 0 Å². The molecule has 0 saturated carbocycles. The number of anilines is 2. The number of aromatic amines is 1. The maximum atomic E-state index is 12.5. The molecule has 1 atom stereocenters. The fourth-order valence-corrected chi connectivity index (χ4v) is 4.34. The minimum Gasteiger partial charge on any atom is -0.453 e. The van der Waals surface area contributed by atoms with Crippen LogP contribution in [0.25, 0.3) is 11.3 Å². The summed E-state index contributed by atoms with van der Waals surface area (Å²) >= 11 is 5.54. The molecule has 0 aliphatic carbocycles. The van der Waals surface area contributed by atoms with E-state index in [0.717, 1.165) is 11.4 Å². The number of halogens is 1. The lowest BCUT2D eigenvalue weighted by molar-refractivity contribution is -0.116. The zero-order chi connectivity index (χ0) is 27.6. The van der Waals surface area contributed by atoms with Gasteiger partial charge in [-0.3, -0.25) is 15.0 Å². The Kier molecular flexibility index (Phi) is 9.58. The summed E-state index contributed by atoms with van der Waals surface area (Å²) in [6.07, 6.45) is 6.78. The number of nitrogens with one attached hydrogen (secondary N) is 3. The lowest BCUT2D eigenvalue weighted by atomic mass is 10.1. The smallest absolute Gasteiger partial charge is 0.411 e. The summed E-state index contributed by atoms with van der Waals surface area (Å²) in [6.45, 7) is 1.01. The minimum absolute atomic E-state index is 0.152. The van der Waals surface area contributed by atoms with Gasteiger partial charge in [-0.1, -0.05) is 42.0 Å². The van der Waals surface area contributed by atoms with Crippen LogP contribution in [0.15, 0.2) is 66.9 Å². The highest BCUT2D eigenvalue weighted by Gasteiger charge is 2.30. The Bertz CT molecular complexity index is 1330. The molecule has 2 aromatic carbocycles. The zero-order valence-electron chi connectivity index (χ0n) is 21.5. The number of amides is 3. The number of benzene rings is 2. The number of carbonyl (C=O) groups is 3. The van der Waals surface area contributed by atoms with Gasteiger partial charge in [-0.15, -0.1) is 0 Å². The van der Waals surface area contributed by atoms with Gasteiger partial charge in [0.25, 0.3) is 0 Å². The predicted octanol–water partition coefficient (Wildman–Crippen LogP) is 6.16. The lowest BCUT2D eigenvalue weighted by Crippen LogP contribution is -2.40. The average molecular weight is 552 g/mol. The van der Waals surface area contributed by atoms with Crippen LogP contribution in [0, 0.1) is 0 Å². The lowest BCUT2D eigenvalue weighted by Gasteiger charge is -2.32. The first-order chi connectivity index (χ1) is 18.9. The number of ether oxygens (including phenoxy) is 2. The molecule has 3 N–H and O–H groups in total. The predicted molar refractivity (Wildman–Crippen MR) is 149 cm³/mol. The largest absolute Gasteiger partial charge is 0.453 e. The van der Waals surface area contributed by atoms with Gasteiger partial charge in [0.2, 0.25) is 5.91 Å². The summed E-state index contributed by atoms with van der Waals surface area (Å²) in [6, 6.07) is 14.3. The van der Waals surface area contributed by atoms with Gasteiger partial charge in [-0.05, 0) is 49.6 Å². The van der Waals surface area contributed by atoms with E-state index in [9.17, 15) is 14.4 Å². The van der Waals surface area contributed by atoms with E-state index in [2.05, 4.69) is 25.3 Å². The molecule has 39 heavy (non-hydrogen) atoms. The van der Waals surface area contributed by atoms with Gasteiger partial charge in [-0.2, -0.15) is 0 Å². The number of imidazole rings is 1. The second-order valence-electron chi connectivity index (χ2n) is 8.83. The van der Waals surface area contributed by atoms with Crippen LogP contribution >= 0.6 is 11.6 Å². The summed E-state index contributed by atoms with van der Waals surface area (Å²) in [5, 5.41) is 6.31. The Balaban J connectivity index is 0.000000438.